The molecule has 30 heavy (non-hydrogen) atoms. The van der Waals surface area contributed by atoms with Crippen molar-refractivity contribution >= 4 is 18.0 Å². The Balaban J connectivity index is 1.36. The lowest BCUT2D eigenvalue weighted by molar-refractivity contribution is 0.0600. The molecule has 0 spiro atoms. The molecule has 1 atom stereocenters. The number of piperidine rings is 1. The molecule has 0 N–H and O–H groups in total. The monoisotopic (exact) mass is 408 g/mol. The molecule has 2 aromatic carbocycles. The summed E-state index contributed by atoms with van der Waals surface area (Å²) >= 11 is 0. The largest absolute Gasteiger partial charge is 0.465 e. The molecule has 2 saturated heterocycles. The minimum Gasteiger partial charge on any atom is -0.465 e. The van der Waals surface area contributed by atoms with E-state index in [1.807, 2.05) is 30.3 Å². The molecule has 2 fully saturated rings. The van der Waals surface area contributed by atoms with Crippen LogP contribution in [0.3, 0.4) is 0 Å². The van der Waals surface area contributed by atoms with Gasteiger partial charge in [-0.1, -0.05) is 36.4 Å². The highest BCUT2D eigenvalue weighted by molar-refractivity contribution is 5.98. The van der Waals surface area contributed by atoms with Gasteiger partial charge < -0.3 is 19.3 Å². The number of carbonyl (C=O) groups is 3. The number of carbonyl (C=O) groups excluding carboxylic acids is 3. The van der Waals surface area contributed by atoms with E-state index in [0.29, 0.717) is 43.6 Å². The Labute approximate surface area is 175 Å². The first-order valence-corrected chi connectivity index (χ1v) is 10.1. The Morgan fingerprint density at radius 1 is 1.00 bits per heavy atom. The Morgan fingerprint density at radius 3 is 2.40 bits per heavy atom. The number of benzene rings is 2. The molecule has 2 aliphatic heterocycles. The molecule has 0 radical (unpaired) electrons. The molecule has 2 amide bonds. The SMILES string of the molecule is COC(=O)c1cccc(C(=O)N2CCC(N3CC(c4ccccc4)OC3=O)CC2)c1. The van der Waals surface area contributed by atoms with Crippen molar-refractivity contribution < 1.29 is 23.9 Å². The smallest absolute Gasteiger partial charge is 0.410 e. The molecule has 156 valence electrons. The third kappa shape index (κ3) is 4.01. The zero-order valence-electron chi connectivity index (χ0n) is 16.8. The minimum absolute atomic E-state index is 0.0525. The number of nitrogens with zero attached hydrogens (tertiary/aromatic N) is 2. The van der Waals surface area contributed by atoms with E-state index in [9.17, 15) is 14.4 Å². The molecular formula is C23H24N2O5. The molecule has 4 rings (SSSR count). The molecule has 1 unspecified atom stereocenters. The summed E-state index contributed by atoms with van der Waals surface area (Å²) in [5.74, 6) is -0.589. The first-order chi connectivity index (χ1) is 14.6. The summed E-state index contributed by atoms with van der Waals surface area (Å²) in [5, 5.41) is 0. The summed E-state index contributed by atoms with van der Waals surface area (Å²) in [6.45, 7) is 1.63. The Kier molecular flexibility index (Phi) is 5.70. The molecule has 0 aromatic heterocycles. The zero-order chi connectivity index (χ0) is 21.1. The molecule has 0 aliphatic carbocycles. The van der Waals surface area contributed by atoms with Crippen LogP contribution in [0.25, 0.3) is 0 Å². The van der Waals surface area contributed by atoms with Gasteiger partial charge in [-0.3, -0.25) is 4.79 Å². The maximum absolute atomic E-state index is 12.9. The third-order valence-electron chi connectivity index (χ3n) is 5.73. The third-order valence-corrected chi connectivity index (χ3v) is 5.73. The number of methoxy groups -OCH3 is 1. The van der Waals surface area contributed by atoms with Crippen molar-refractivity contribution in [2.24, 2.45) is 0 Å². The van der Waals surface area contributed by atoms with Crippen LogP contribution in [0, 0.1) is 0 Å². The quantitative estimate of drug-likeness (QED) is 0.726. The number of hydrogen-bond acceptors (Lipinski definition) is 5. The van der Waals surface area contributed by atoms with Crippen LogP contribution < -0.4 is 0 Å². The molecule has 2 heterocycles. The van der Waals surface area contributed by atoms with Crippen molar-refractivity contribution in [2.75, 3.05) is 26.7 Å². The van der Waals surface area contributed by atoms with Crippen LogP contribution >= 0.6 is 0 Å². The van der Waals surface area contributed by atoms with Gasteiger partial charge in [-0.05, 0) is 36.6 Å². The maximum Gasteiger partial charge on any atom is 0.410 e. The van der Waals surface area contributed by atoms with Crippen LogP contribution in [0.15, 0.2) is 54.6 Å². The fraction of sp³-hybridized carbons (Fsp3) is 0.348. The first kappa shape index (κ1) is 19.9. The van der Waals surface area contributed by atoms with Crippen molar-refractivity contribution in [3.05, 3.63) is 71.3 Å². The van der Waals surface area contributed by atoms with Gasteiger partial charge in [-0.2, -0.15) is 0 Å². The number of amides is 2. The Morgan fingerprint density at radius 2 is 1.70 bits per heavy atom. The summed E-state index contributed by atoms with van der Waals surface area (Å²) in [6.07, 6.45) is 0.844. The molecule has 7 heteroatoms. The summed E-state index contributed by atoms with van der Waals surface area (Å²) in [7, 11) is 1.31. The highest BCUT2D eigenvalue weighted by Gasteiger charge is 2.38. The van der Waals surface area contributed by atoms with E-state index in [0.717, 1.165) is 5.56 Å². The Bertz CT molecular complexity index is 938. The lowest BCUT2D eigenvalue weighted by Crippen LogP contribution is -2.47. The normalized spacial score (nSPS) is 19.5. The average molecular weight is 408 g/mol. The summed E-state index contributed by atoms with van der Waals surface area (Å²) in [4.78, 5) is 40.5. The van der Waals surface area contributed by atoms with Gasteiger partial charge in [0.05, 0.1) is 19.2 Å². The number of cyclic esters (lactones) is 1. The zero-order valence-corrected chi connectivity index (χ0v) is 16.8. The molecule has 0 bridgehead atoms. The number of esters is 1. The van der Waals surface area contributed by atoms with E-state index in [1.54, 1.807) is 34.1 Å². The number of hydrogen-bond donors (Lipinski definition) is 0. The van der Waals surface area contributed by atoms with E-state index in [-0.39, 0.29) is 24.1 Å². The lowest BCUT2D eigenvalue weighted by Gasteiger charge is -2.35. The second-order valence-electron chi connectivity index (χ2n) is 7.53. The second-order valence-corrected chi connectivity index (χ2v) is 7.53. The summed E-state index contributed by atoms with van der Waals surface area (Å²) < 4.78 is 10.3. The predicted molar refractivity (Wildman–Crippen MR) is 109 cm³/mol. The van der Waals surface area contributed by atoms with Crippen LogP contribution in [0.1, 0.15) is 45.2 Å². The van der Waals surface area contributed by atoms with E-state index in [4.69, 9.17) is 9.47 Å². The van der Waals surface area contributed by atoms with Gasteiger partial charge in [0.25, 0.3) is 5.91 Å². The predicted octanol–water partition coefficient (Wildman–Crippen LogP) is 3.27. The Hall–Kier alpha value is -3.35. The highest BCUT2D eigenvalue weighted by atomic mass is 16.6. The second kappa shape index (κ2) is 8.57. The fourth-order valence-corrected chi connectivity index (χ4v) is 4.08. The number of ether oxygens (including phenoxy) is 2. The van der Waals surface area contributed by atoms with E-state index >= 15 is 0 Å². The van der Waals surface area contributed by atoms with Gasteiger partial charge in [0.15, 0.2) is 0 Å². The fourth-order valence-electron chi connectivity index (χ4n) is 4.08. The highest BCUT2D eigenvalue weighted by Crippen LogP contribution is 2.30. The first-order valence-electron chi connectivity index (χ1n) is 10.1. The lowest BCUT2D eigenvalue weighted by atomic mass is 10.0. The van der Waals surface area contributed by atoms with Crippen molar-refractivity contribution in [1.29, 1.82) is 0 Å². The van der Waals surface area contributed by atoms with E-state index in [2.05, 4.69) is 0 Å². The van der Waals surface area contributed by atoms with Crippen molar-refractivity contribution in [1.82, 2.24) is 9.80 Å². The van der Waals surface area contributed by atoms with Crippen LogP contribution in [0.2, 0.25) is 0 Å². The maximum atomic E-state index is 12.9. The van der Waals surface area contributed by atoms with Crippen LogP contribution in [0.5, 0.6) is 0 Å². The topological polar surface area (TPSA) is 76.2 Å². The van der Waals surface area contributed by atoms with E-state index < -0.39 is 5.97 Å². The molecule has 2 aromatic rings. The van der Waals surface area contributed by atoms with Gasteiger partial charge in [-0.15, -0.1) is 0 Å². The molecule has 2 aliphatic rings. The van der Waals surface area contributed by atoms with E-state index in [1.165, 1.54) is 7.11 Å². The van der Waals surface area contributed by atoms with Crippen molar-refractivity contribution in [2.45, 2.75) is 25.0 Å². The van der Waals surface area contributed by atoms with Crippen molar-refractivity contribution in [3.63, 3.8) is 0 Å². The van der Waals surface area contributed by atoms with Gasteiger partial charge >= 0.3 is 12.1 Å². The molecular weight excluding hydrogens is 384 g/mol. The van der Waals surface area contributed by atoms with Gasteiger partial charge in [0.1, 0.15) is 6.10 Å². The number of rotatable bonds is 4. The minimum atomic E-state index is -0.469. The summed E-state index contributed by atoms with van der Waals surface area (Å²) in [6, 6.07) is 16.3. The van der Waals surface area contributed by atoms with Crippen LogP contribution in [-0.2, 0) is 9.47 Å². The van der Waals surface area contributed by atoms with Gasteiger partial charge in [0, 0.05) is 24.7 Å². The van der Waals surface area contributed by atoms with Crippen molar-refractivity contribution in [3.8, 4) is 0 Å². The van der Waals surface area contributed by atoms with Gasteiger partial charge in [-0.25, -0.2) is 9.59 Å². The van der Waals surface area contributed by atoms with Crippen LogP contribution in [-0.4, -0.2) is 60.6 Å². The number of likely N-dealkylation sites (tertiary alicyclic amines) is 1. The summed E-state index contributed by atoms with van der Waals surface area (Å²) in [5.41, 5.74) is 1.80. The van der Waals surface area contributed by atoms with Gasteiger partial charge in [0.2, 0.25) is 0 Å². The molecule has 0 saturated carbocycles. The standard InChI is InChI=1S/C23H24N2O5/c1-29-22(27)18-9-5-8-17(14-18)21(26)24-12-10-19(11-13-24)25-15-20(30-23(25)28)16-6-3-2-4-7-16/h2-9,14,19-20H,10-13,15H2,1H3. The average Bonchev–Trinajstić information content (AvgIpc) is 3.20. The van der Waals surface area contributed by atoms with Crippen LogP contribution in [0.4, 0.5) is 4.79 Å². The molecule has 7 nitrogen and oxygen atoms in total.